The second-order valence-electron chi connectivity index (χ2n) is 5.52. The number of halogens is 1. The predicted molar refractivity (Wildman–Crippen MR) is 99.4 cm³/mol. The van der Waals surface area contributed by atoms with Crippen LogP contribution in [0.3, 0.4) is 0 Å². The fourth-order valence-electron chi connectivity index (χ4n) is 2.72. The summed E-state index contributed by atoms with van der Waals surface area (Å²) in [5, 5.41) is 2.87. The number of H-pyrrole nitrogens is 2. The highest BCUT2D eigenvalue weighted by Gasteiger charge is 2.10. The number of aromatic nitrogens is 3. The van der Waals surface area contributed by atoms with Gasteiger partial charge in [-0.05, 0) is 47.7 Å². The van der Waals surface area contributed by atoms with E-state index in [0.29, 0.717) is 0 Å². The Morgan fingerprint density at radius 2 is 2.04 bits per heavy atom. The maximum absolute atomic E-state index is 6.51. The summed E-state index contributed by atoms with van der Waals surface area (Å²) in [5.41, 5.74) is 5.19. The fourth-order valence-corrected chi connectivity index (χ4v) is 3.73. The molecule has 0 spiro atoms. The van der Waals surface area contributed by atoms with Crippen LogP contribution in [0.25, 0.3) is 33.1 Å². The summed E-state index contributed by atoms with van der Waals surface area (Å²) in [4.78, 5) is 11.2. The Balaban J connectivity index is 1.80. The quantitative estimate of drug-likeness (QED) is 0.456. The molecule has 0 fully saturated rings. The first-order valence-corrected chi connectivity index (χ1v) is 9.00. The minimum atomic E-state index is 0.739. The average molecular weight is 342 g/mol. The molecule has 3 nitrogen and oxygen atoms in total. The van der Waals surface area contributed by atoms with Gasteiger partial charge in [0.05, 0.1) is 16.1 Å². The highest BCUT2D eigenvalue weighted by atomic mass is 35.5. The molecule has 0 radical (unpaired) electrons. The topological polar surface area (TPSA) is 44.5 Å². The molecule has 2 N–H and O–H groups in total. The predicted octanol–water partition coefficient (Wildman–Crippen LogP) is 5.87. The van der Waals surface area contributed by atoms with Crippen LogP contribution >= 0.6 is 23.4 Å². The molecule has 0 aliphatic carbocycles. The van der Waals surface area contributed by atoms with Gasteiger partial charge in [0.2, 0.25) is 0 Å². The van der Waals surface area contributed by atoms with Crippen molar-refractivity contribution in [3.63, 3.8) is 0 Å². The number of nitrogens with one attached hydrogen (secondary N) is 2. The van der Waals surface area contributed by atoms with Crippen LogP contribution < -0.4 is 0 Å². The monoisotopic (exact) mass is 341 g/mol. The standard InChI is InChI=1S/C18H16ClN3S/c1-2-7-23-18-21-16-9-13(14(19)10-17(16)22-18)11-3-4-15-12(8-11)5-6-20-15/h3-6,8-10,20H,2,7H2,1H3,(H,21,22). The third-order valence-electron chi connectivity index (χ3n) is 3.86. The van der Waals surface area contributed by atoms with Gasteiger partial charge in [-0.2, -0.15) is 0 Å². The number of benzene rings is 2. The van der Waals surface area contributed by atoms with Crippen LogP contribution in [0.4, 0.5) is 0 Å². The van der Waals surface area contributed by atoms with Crippen LogP contribution in [0.1, 0.15) is 13.3 Å². The van der Waals surface area contributed by atoms with Crippen molar-refractivity contribution in [3.8, 4) is 11.1 Å². The van der Waals surface area contributed by atoms with E-state index in [4.69, 9.17) is 11.6 Å². The zero-order chi connectivity index (χ0) is 15.8. The van der Waals surface area contributed by atoms with Crippen molar-refractivity contribution in [2.24, 2.45) is 0 Å². The van der Waals surface area contributed by atoms with E-state index in [1.807, 2.05) is 12.3 Å². The van der Waals surface area contributed by atoms with Crippen LogP contribution in [-0.4, -0.2) is 20.7 Å². The number of thioether (sulfide) groups is 1. The van der Waals surface area contributed by atoms with Crippen LogP contribution in [0.15, 0.2) is 47.8 Å². The molecule has 4 rings (SSSR count). The van der Waals surface area contributed by atoms with Gasteiger partial charge >= 0.3 is 0 Å². The molecule has 2 heterocycles. The summed E-state index contributed by atoms with van der Waals surface area (Å²) < 4.78 is 0. The second kappa shape index (κ2) is 5.95. The minimum Gasteiger partial charge on any atom is -0.361 e. The number of rotatable bonds is 4. The van der Waals surface area contributed by atoms with E-state index in [1.54, 1.807) is 11.8 Å². The maximum atomic E-state index is 6.51. The molecular weight excluding hydrogens is 326 g/mol. The van der Waals surface area contributed by atoms with Crippen molar-refractivity contribution >= 4 is 45.3 Å². The van der Waals surface area contributed by atoms with Gasteiger partial charge < -0.3 is 9.97 Å². The molecule has 23 heavy (non-hydrogen) atoms. The molecule has 4 aromatic rings. The van der Waals surface area contributed by atoms with Crippen LogP contribution in [0.5, 0.6) is 0 Å². The molecule has 0 saturated carbocycles. The van der Waals surface area contributed by atoms with E-state index in [1.165, 1.54) is 5.39 Å². The summed E-state index contributed by atoms with van der Waals surface area (Å²) in [7, 11) is 0. The Bertz CT molecular complexity index is 986. The van der Waals surface area contributed by atoms with Gasteiger partial charge in [0, 0.05) is 23.0 Å². The molecule has 0 saturated heterocycles. The van der Waals surface area contributed by atoms with Gasteiger partial charge in [0.1, 0.15) is 0 Å². The third kappa shape index (κ3) is 2.73. The first kappa shape index (κ1) is 14.7. The third-order valence-corrected chi connectivity index (χ3v) is 5.25. The SMILES string of the molecule is CCCSc1nc2cc(-c3ccc4[nH]ccc4c3)c(Cl)cc2[nH]1. The van der Waals surface area contributed by atoms with E-state index in [-0.39, 0.29) is 0 Å². The van der Waals surface area contributed by atoms with Gasteiger partial charge in [-0.3, -0.25) is 0 Å². The van der Waals surface area contributed by atoms with Crippen molar-refractivity contribution in [1.29, 1.82) is 0 Å². The normalized spacial score (nSPS) is 11.6. The smallest absolute Gasteiger partial charge is 0.166 e. The first-order chi connectivity index (χ1) is 11.2. The van der Waals surface area contributed by atoms with E-state index in [0.717, 1.165) is 50.0 Å². The molecule has 0 bridgehead atoms. The maximum Gasteiger partial charge on any atom is 0.166 e. The number of imidazole rings is 1. The van der Waals surface area contributed by atoms with Gasteiger partial charge in [0.25, 0.3) is 0 Å². The zero-order valence-corrected chi connectivity index (χ0v) is 14.3. The highest BCUT2D eigenvalue weighted by Crippen LogP contribution is 2.33. The second-order valence-corrected chi connectivity index (χ2v) is 7.01. The lowest BCUT2D eigenvalue weighted by Crippen LogP contribution is -1.81. The molecule has 116 valence electrons. The molecular formula is C18H16ClN3S. The summed E-state index contributed by atoms with van der Waals surface area (Å²) >= 11 is 8.26. The highest BCUT2D eigenvalue weighted by molar-refractivity contribution is 7.99. The lowest BCUT2D eigenvalue weighted by molar-refractivity contribution is 1.05. The summed E-state index contributed by atoms with van der Waals surface area (Å²) in [6.07, 6.45) is 3.08. The van der Waals surface area contributed by atoms with Crippen LogP contribution in [-0.2, 0) is 0 Å². The van der Waals surface area contributed by atoms with Crippen molar-refractivity contribution in [3.05, 3.63) is 47.6 Å². The zero-order valence-electron chi connectivity index (χ0n) is 12.7. The Labute approximate surface area is 143 Å². The Morgan fingerprint density at radius 1 is 1.13 bits per heavy atom. The Morgan fingerprint density at radius 3 is 2.91 bits per heavy atom. The van der Waals surface area contributed by atoms with E-state index in [2.05, 4.69) is 52.2 Å². The fraction of sp³-hybridized carbons (Fsp3) is 0.167. The van der Waals surface area contributed by atoms with Crippen molar-refractivity contribution < 1.29 is 0 Å². The van der Waals surface area contributed by atoms with Crippen molar-refractivity contribution in [2.45, 2.75) is 18.5 Å². The molecule has 0 unspecified atom stereocenters. The van der Waals surface area contributed by atoms with Crippen LogP contribution in [0, 0.1) is 0 Å². The molecule has 2 aromatic carbocycles. The number of hydrogen-bond acceptors (Lipinski definition) is 2. The number of hydrogen-bond donors (Lipinski definition) is 2. The van der Waals surface area contributed by atoms with E-state index < -0.39 is 0 Å². The van der Waals surface area contributed by atoms with Gasteiger partial charge in [0.15, 0.2) is 5.16 Å². The summed E-state index contributed by atoms with van der Waals surface area (Å²) in [6.45, 7) is 2.17. The number of nitrogens with zero attached hydrogens (tertiary/aromatic N) is 1. The molecule has 0 amide bonds. The minimum absolute atomic E-state index is 0.739. The largest absolute Gasteiger partial charge is 0.361 e. The average Bonchev–Trinajstić information content (AvgIpc) is 3.17. The lowest BCUT2D eigenvalue weighted by atomic mass is 10.0. The molecule has 0 aliphatic rings. The van der Waals surface area contributed by atoms with Crippen LogP contribution in [0.2, 0.25) is 5.02 Å². The van der Waals surface area contributed by atoms with E-state index >= 15 is 0 Å². The molecule has 0 atom stereocenters. The van der Waals surface area contributed by atoms with Crippen molar-refractivity contribution in [1.82, 2.24) is 15.0 Å². The molecule has 0 aliphatic heterocycles. The summed E-state index contributed by atoms with van der Waals surface area (Å²) in [5.74, 6) is 1.06. The van der Waals surface area contributed by atoms with Gasteiger partial charge in [-0.1, -0.05) is 36.4 Å². The molecule has 2 aromatic heterocycles. The van der Waals surface area contributed by atoms with Gasteiger partial charge in [-0.25, -0.2) is 4.98 Å². The lowest BCUT2D eigenvalue weighted by Gasteiger charge is -2.05. The Kier molecular flexibility index (Phi) is 3.79. The van der Waals surface area contributed by atoms with E-state index in [9.17, 15) is 0 Å². The number of aromatic amines is 2. The summed E-state index contributed by atoms with van der Waals surface area (Å²) in [6, 6.07) is 12.4. The first-order valence-electron chi connectivity index (χ1n) is 7.64. The molecule has 5 heteroatoms. The number of fused-ring (bicyclic) bond motifs is 2. The van der Waals surface area contributed by atoms with Gasteiger partial charge in [-0.15, -0.1) is 0 Å². The van der Waals surface area contributed by atoms with Crippen molar-refractivity contribution in [2.75, 3.05) is 5.75 Å². The Hall–Kier alpha value is -1.91.